The van der Waals surface area contributed by atoms with Crippen molar-refractivity contribution in [1.82, 2.24) is 81.7 Å². The number of carbonyl (C=O) groups excluding carboxylic acids is 6. The number of urea groups is 3. The highest BCUT2D eigenvalue weighted by atomic mass is 32.1. The molecule has 4 atom stereocenters. The molecule has 7 aliphatic rings. The average Bonchev–Trinajstić information content (AvgIpc) is 1.64. The van der Waals surface area contributed by atoms with E-state index in [0.29, 0.717) is 78.0 Å². The molecule has 0 bridgehead atoms. The first kappa shape index (κ1) is 97.8. The molecular weight excluding hydrogens is 1830 g/mol. The predicted octanol–water partition coefficient (Wildman–Crippen LogP) is 19.0. The maximum absolute atomic E-state index is 12.7. The van der Waals surface area contributed by atoms with E-state index < -0.39 is 0 Å². The normalized spacial score (nSPS) is 16.4. The highest BCUT2D eigenvalue weighted by Gasteiger charge is 2.40. The number of fused-ring (bicyclic) bond motifs is 4. The minimum absolute atomic E-state index is 0.00443. The zero-order chi connectivity index (χ0) is 98.0. The van der Waals surface area contributed by atoms with E-state index in [1.54, 1.807) is 60.0 Å². The molecule has 3 saturated heterocycles. The fourth-order valence-electron chi connectivity index (χ4n) is 18.2. The van der Waals surface area contributed by atoms with E-state index in [1.165, 1.54) is 73.2 Å². The molecule has 0 unspecified atom stereocenters. The number of amides is 7. The number of nitrogens with zero attached hydrogens (tertiary/aromatic N) is 16. The summed E-state index contributed by atoms with van der Waals surface area (Å²) in [7, 11) is 3.77. The highest BCUT2D eigenvalue weighted by Crippen LogP contribution is 2.47. The lowest BCUT2D eigenvalue weighted by atomic mass is 9.96. The molecule has 3 fully saturated rings. The third kappa shape index (κ3) is 22.6. The summed E-state index contributed by atoms with van der Waals surface area (Å²) in [5.74, 6) is 2.50. The summed E-state index contributed by atoms with van der Waals surface area (Å²) < 4.78 is 22.9. The SMILES string of the molecule is CC(=O)C1CN(C(=O)N[C@@H]2CCc3c(-c4nnc(-c5ccc(OC(C)C)c(C#N)c5)s4)cccc32)C1.CC(=O)C1CN(C(=O)N[C@H]2CCc3c(-c4nnc(-c5ccc(OC(C)C)c(C#N)c5)s4)cccc32)C1.CC(C)Oc1ccc(-c2nnc(-c3cccc4c3CC[C@H]4NC(=O)CN(C)C)s2)cc1C#N.CC(C)Oc1ccc(-c2nnc(-c3cccc4c3CC[C@H]4NC(=O)N3CCCC3)s2)cc1C#N. The second-order valence-corrected chi connectivity index (χ2v) is 40.6. The van der Waals surface area contributed by atoms with Gasteiger partial charge in [-0.1, -0.05) is 118 Å². The quantitative estimate of drug-likeness (QED) is 0.0436. The second-order valence-electron chi connectivity index (χ2n) is 36.7. The van der Waals surface area contributed by atoms with Crippen molar-refractivity contribution < 1.29 is 47.7 Å². The summed E-state index contributed by atoms with van der Waals surface area (Å²) >= 11 is 5.97. The molecule has 12 aromatic rings. The molecule has 8 aromatic carbocycles. The van der Waals surface area contributed by atoms with Crippen molar-refractivity contribution in [2.45, 2.75) is 182 Å². The van der Waals surface area contributed by atoms with Crippen LogP contribution in [-0.2, 0) is 40.1 Å². The molecule has 4 N–H and O–H groups in total. The second kappa shape index (κ2) is 43.6. The van der Waals surface area contributed by atoms with Gasteiger partial charge >= 0.3 is 18.1 Å². The molecule has 0 radical (unpaired) electrons. The number of likely N-dealkylation sites (tertiary alicyclic amines) is 3. The van der Waals surface area contributed by atoms with E-state index >= 15 is 0 Å². The zero-order valence-electron chi connectivity index (χ0n) is 79.5. The van der Waals surface area contributed by atoms with Gasteiger partial charge in [0.05, 0.1) is 89.2 Å². The Morgan fingerprint density at radius 3 is 0.863 bits per heavy atom. The van der Waals surface area contributed by atoms with Gasteiger partial charge in [0.15, 0.2) is 0 Å². The van der Waals surface area contributed by atoms with Crippen molar-refractivity contribution in [3.63, 3.8) is 0 Å². The van der Waals surface area contributed by atoms with E-state index in [2.05, 4.69) is 123 Å². The number of nitriles is 4. The van der Waals surface area contributed by atoms with Crippen LogP contribution in [0.5, 0.6) is 23.0 Å². The topological polar surface area (TPSA) is 399 Å². The minimum atomic E-state index is -0.118. The summed E-state index contributed by atoms with van der Waals surface area (Å²) in [6, 6.07) is 55.2. The average molecular weight is 1940 g/mol. The summed E-state index contributed by atoms with van der Waals surface area (Å²) in [6.07, 6.45) is 8.96. The smallest absolute Gasteiger partial charge is 0.317 e. The number of nitrogens with one attached hydrogen (secondary N) is 4. The number of likely N-dealkylation sites (N-methyl/N-ethyl adjacent to an activating group) is 1. The molecule has 19 rings (SSSR count). The van der Waals surface area contributed by atoms with Gasteiger partial charge in [-0.3, -0.25) is 14.4 Å². The highest BCUT2D eigenvalue weighted by molar-refractivity contribution is 7.19. The molecule has 7 heterocycles. The fraction of sp³-hybridized carbons (Fsp3) is 0.371. The van der Waals surface area contributed by atoms with E-state index in [1.807, 2.05) is 152 Å². The Hall–Kier alpha value is -14.3. The first-order valence-corrected chi connectivity index (χ1v) is 50.1. The number of benzene rings is 8. The molecule has 7 amide bonds. The maximum atomic E-state index is 12.7. The number of Topliss-reactive ketones (excluding diaryl/α,β-unsaturated/α-hetero) is 2. The maximum Gasteiger partial charge on any atom is 0.317 e. The van der Waals surface area contributed by atoms with Crippen molar-refractivity contribution in [2.24, 2.45) is 11.8 Å². The Morgan fingerprint density at radius 1 is 0.367 bits per heavy atom. The van der Waals surface area contributed by atoms with Gasteiger partial charge in [-0.15, -0.1) is 40.8 Å². The monoisotopic (exact) mass is 1940 g/mol. The minimum Gasteiger partial charge on any atom is -0.490 e. The lowest BCUT2D eigenvalue weighted by molar-refractivity contribution is -0.125. The molecule has 3 aliphatic heterocycles. The van der Waals surface area contributed by atoms with Gasteiger partial charge in [-0.25, -0.2) is 14.4 Å². The summed E-state index contributed by atoms with van der Waals surface area (Å²) in [4.78, 5) is 80.3. The number of carbonyl (C=O) groups is 6. The molecule has 4 aliphatic carbocycles. The van der Waals surface area contributed by atoms with Crippen LogP contribution in [0.4, 0.5) is 14.4 Å². The summed E-state index contributed by atoms with van der Waals surface area (Å²) in [6.45, 7) is 22.6. The Kier molecular flexibility index (Phi) is 30.7. The van der Waals surface area contributed by atoms with Crippen LogP contribution in [0.2, 0.25) is 0 Å². The van der Waals surface area contributed by atoms with Gasteiger partial charge in [0.1, 0.15) is 98.9 Å². The lowest BCUT2D eigenvalue weighted by Gasteiger charge is -2.38. The lowest BCUT2D eigenvalue weighted by Crippen LogP contribution is -2.56. The van der Waals surface area contributed by atoms with Crippen molar-refractivity contribution in [3.8, 4) is 132 Å². The number of hydrogen-bond acceptors (Lipinski definition) is 27. The van der Waals surface area contributed by atoms with Crippen molar-refractivity contribution in [3.05, 3.63) is 212 Å². The molecule has 34 heteroatoms. The summed E-state index contributed by atoms with van der Waals surface area (Å²) in [5.41, 5.74) is 18.7. The van der Waals surface area contributed by atoms with Crippen LogP contribution < -0.4 is 40.2 Å². The van der Waals surface area contributed by atoms with E-state index in [-0.39, 0.29) is 96.0 Å². The number of aromatic nitrogens is 8. The van der Waals surface area contributed by atoms with Crippen molar-refractivity contribution in [2.75, 3.05) is 59.9 Å². The molecule has 4 aromatic heterocycles. The van der Waals surface area contributed by atoms with Crippen LogP contribution >= 0.6 is 45.3 Å². The van der Waals surface area contributed by atoms with E-state index in [9.17, 15) is 49.8 Å². The van der Waals surface area contributed by atoms with Gasteiger partial charge in [0.25, 0.3) is 0 Å². The zero-order valence-corrected chi connectivity index (χ0v) is 82.8. The van der Waals surface area contributed by atoms with Crippen LogP contribution in [0, 0.1) is 57.2 Å². The van der Waals surface area contributed by atoms with Crippen LogP contribution in [0.25, 0.3) is 84.6 Å². The third-order valence-electron chi connectivity index (χ3n) is 25.1. The molecule has 712 valence electrons. The predicted molar refractivity (Wildman–Crippen MR) is 534 cm³/mol. The molecule has 139 heavy (non-hydrogen) atoms. The summed E-state index contributed by atoms with van der Waals surface area (Å²) in [5, 5.41) is 92.6. The number of ether oxygens (including phenoxy) is 4. The first-order valence-electron chi connectivity index (χ1n) is 46.8. The Morgan fingerprint density at radius 2 is 0.619 bits per heavy atom. The van der Waals surface area contributed by atoms with Gasteiger partial charge in [-0.2, -0.15) is 21.0 Å². The van der Waals surface area contributed by atoms with Crippen LogP contribution in [0.15, 0.2) is 146 Å². The molecule has 0 spiro atoms. The fourth-order valence-corrected chi connectivity index (χ4v) is 21.8. The van der Waals surface area contributed by atoms with Gasteiger partial charge in [0.2, 0.25) is 5.91 Å². The number of hydrogen-bond donors (Lipinski definition) is 4. The van der Waals surface area contributed by atoms with E-state index in [4.69, 9.17) is 18.9 Å². The molecule has 0 saturated carbocycles. The molecule has 30 nitrogen and oxygen atoms in total. The van der Waals surface area contributed by atoms with Gasteiger partial charge in [0, 0.05) is 83.8 Å². The number of rotatable bonds is 24. The van der Waals surface area contributed by atoms with Crippen molar-refractivity contribution >= 4 is 80.9 Å². The first-order chi connectivity index (χ1) is 67.0. The van der Waals surface area contributed by atoms with Crippen LogP contribution in [0.1, 0.15) is 199 Å². The Bertz CT molecular complexity index is 6600. The van der Waals surface area contributed by atoms with Crippen molar-refractivity contribution in [1.29, 1.82) is 21.0 Å². The largest absolute Gasteiger partial charge is 0.490 e. The Labute approximate surface area is 823 Å². The van der Waals surface area contributed by atoms with Gasteiger partial charge < -0.3 is 59.8 Å². The van der Waals surface area contributed by atoms with Crippen LogP contribution in [0.3, 0.4) is 0 Å². The van der Waals surface area contributed by atoms with Crippen LogP contribution in [-0.4, -0.2) is 180 Å². The van der Waals surface area contributed by atoms with Gasteiger partial charge in [-0.05, 0) is 265 Å². The number of ketones is 2. The molecular formula is C105H108N20O10S4. The third-order valence-corrected chi connectivity index (χ3v) is 29.1. The Balaban J connectivity index is 0.000000134. The van der Waals surface area contributed by atoms with E-state index in [0.717, 1.165) is 179 Å². The standard InChI is InChI=1S/2C27H27N5O3S.C26H27N5O2S.C25H27N5O2S/c2*1-15(2)35-24-10-7-17(11-18(24)12-28)25-30-31-26(36-25)22-6-4-5-21-20(22)8-9-23(21)29-27(34)32-13-19(14-32)16(3)33;1-16(2)33-23-11-8-17(14-18(23)15-27)24-29-30-25(34-24)21-7-5-6-20-19(21)9-10-22(20)28-26(32)31-12-3-4-13-31;1-15(2)32-22-11-8-16(12-17(22)13-26)24-28-29-25(33-24)20-7-5-6-19-18(20)9-10-21(19)27-23(31)14-30(3)4/h2*4-7,10-11,15,19,23H,8-9,13-14H2,1-3H3,(H,29,34);5-8,11,14,16,22H,3-4,9-10,12-13H2,1-2H3,(H,28,32);5-8,11-12,15,21H,9-10,14H2,1-4H3,(H,27,31)/t2*23-;22-;21-/m1011/s1.